The topological polar surface area (TPSA) is 77.8 Å². The van der Waals surface area contributed by atoms with Gasteiger partial charge in [0.2, 0.25) is 0 Å². The van der Waals surface area contributed by atoms with Crippen LogP contribution in [0.3, 0.4) is 0 Å². The van der Waals surface area contributed by atoms with Crippen molar-refractivity contribution in [3.8, 4) is 0 Å². The lowest BCUT2D eigenvalue weighted by Gasteiger charge is -2.21. The maximum Gasteiger partial charge on any atom is 0.408 e. The lowest BCUT2D eigenvalue weighted by Crippen LogP contribution is -2.38. The summed E-state index contributed by atoms with van der Waals surface area (Å²) in [7, 11) is 1.23. The fourth-order valence-electron chi connectivity index (χ4n) is 1.24. The van der Waals surface area contributed by atoms with Crippen LogP contribution in [0, 0.1) is 0 Å². The molecule has 1 N–H and O–H groups in total. The molecule has 0 radical (unpaired) electrons. The van der Waals surface area contributed by atoms with Gasteiger partial charge in [-0.05, 0) is 32.9 Å². The molecule has 0 spiro atoms. The summed E-state index contributed by atoms with van der Waals surface area (Å²) in [5, 5.41) is 2.40. The molecule has 1 atom stereocenters. The van der Waals surface area contributed by atoms with Crippen LogP contribution in [0.1, 0.15) is 32.6 Å². The number of alkyl carbamates (subject to hydrolysis) is 1. The van der Waals surface area contributed by atoms with Gasteiger partial charge in [0.25, 0.3) is 0 Å². The molecule has 100 valence electrons. The number of hydrogen-bond donors (Lipinski definition) is 1. The largest absolute Gasteiger partial charge is 0.467 e. The number of amides is 1. The van der Waals surface area contributed by atoms with Crippen LogP contribution in [0.5, 0.6) is 0 Å². The number of rotatable bonds is 3. The average Bonchev–Trinajstić information content (AvgIpc) is 2.75. The van der Waals surface area contributed by atoms with Gasteiger partial charge in [-0.25, -0.2) is 9.59 Å². The zero-order chi connectivity index (χ0) is 13.8. The Morgan fingerprint density at radius 3 is 2.50 bits per heavy atom. The fraction of sp³-hybridized carbons (Fsp3) is 0.500. The number of carbonyl (C=O) groups excluding carboxylic acids is 2. The van der Waals surface area contributed by atoms with Crippen molar-refractivity contribution in [2.24, 2.45) is 0 Å². The Bertz CT molecular complexity index is 405. The van der Waals surface area contributed by atoms with E-state index in [0.717, 1.165) is 0 Å². The van der Waals surface area contributed by atoms with Crippen LogP contribution >= 0.6 is 0 Å². The van der Waals surface area contributed by atoms with E-state index in [0.29, 0.717) is 0 Å². The number of methoxy groups -OCH3 is 1. The van der Waals surface area contributed by atoms with E-state index in [9.17, 15) is 9.59 Å². The van der Waals surface area contributed by atoms with Gasteiger partial charge in [-0.1, -0.05) is 0 Å². The van der Waals surface area contributed by atoms with Gasteiger partial charge >= 0.3 is 12.1 Å². The first-order valence-corrected chi connectivity index (χ1v) is 5.44. The minimum atomic E-state index is -1.01. The molecule has 1 rings (SSSR count). The maximum atomic E-state index is 11.6. The van der Waals surface area contributed by atoms with E-state index < -0.39 is 23.7 Å². The molecular formula is C12H17NO5. The Morgan fingerprint density at radius 1 is 1.39 bits per heavy atom. The molecule has 0 aliphatic rings. The molecule has 18 heavy (non-hydrogen) atoms. The molecule has 0 saturated heterocycles. The molecule has 1 aromatic rings. The molecule has 1 unspecified atom stereocenters. The first-order chi connectivity index (χ1) is 8.33. The zero-order valence-corrected chi connectivity index (χ0v) is 10.9. The van der Waals surface area contributed by atoms with Crippen molar-refractivity contribution < 1.29 is 23.5 Å². The summed E-state index contributed by atoms with van der Waals surface area (Å²) in [5.74, 6) is -0.344. The van der Waals surface area contributed by atoms with Gasteiger partial charge < -0.3 is 19.2 Å². The summed E-state index contributed by atoms with van der Waals surface area (Å²) in [5.41, 5.74) is -0.645. The van der Waals surface area contributed by atoms with Crippen molar-refractivity contribution in [2.45, 2.75) is 32.4 Å². The smallest absolute Gasteiger partial charge is 0.408 e. The molecule has 1 aromatic heterocycles. The second-order valence-corrected chi connectivity index (χ2v) is 4.62. The number of carbonyl (C=O) groups is 2. The first-order valence-electron chi connectivity index (χ1n) is 5.44. The average molecular weight is 255 g/mol. The molecule has 0 fully saturated rings. The van der Waals surface area contributed by atoms with Gasteiger partial charge in [0.05, 0.1) is 13.4 Å². The van der Waals surface area contributed by atoms with Gasteiger partial charge in [-0.2, -0.15) is 0 Å². The number of hydrogen-bond acceptors (Lipinski definition) is 5. The standard InChI is InChI=1S/C12H17NO5/c1-12(2,3)18-11(15)13-9(10(14)16-4)8-6-5-7-17-8/h5-7,9H,1-4H3,(H,13,15). The minimum Gasteiger partial charge on any atom is -0.467 e. The van der Waals surface area contributed by atoms with Gasteiger partial charge in [0.15, 0.2) is 6.04 Å². The van der Waals surface area contributed by atoms with E-state index in [-0.39, 0.29) is 5.76 Å². The van der Waals surface area contributed by atoms with E-state index in [4.69, 9.17) is 9.15 Å². The van der Waals surface area contributed by atoms with Crippen molar-refractivity contribution in [3.05, 3.63) is 24.2 Å². The second kappa shape index (κ2) is 5.57. The summed E-state index contributed by atoms with van der Waals surface area (Å²) >= 11 is 0. The van der Waals surface area contributed by atoms with Crippen LogP contribution in [0.4, 0.5) is 4.79 Å². The molecule has 6 nitrogen and oxygen atoms in total. The summed E-state index contributed by atoms with van der Waals surface area (Å²) in [4.78, 5) is 23.2. The summed E-state index contributed by atoms with van der Waals surface area (Å²) < 4.78 is 14.7. The normalized spacial score (nSPS) is 12.7. The van der Waals surface area contributed by atoms with Crippen molar-refractivity contribution in [2.75, 3.05) is 7.11 Å². The summed E-state index contributed by atoms with van der Waals surface area (Å²) in [6.07, 6.45) is 0.691. The van der Waals surface area contributed by atoms with Crippen molar-refractivity contribution in [3.63, 3.8) is 0 Å². The Kier molecular flexibility index (Phi) is 4.36. The summed E-state index contributed by atoms with van der Waals surface area (Å²) in [6.45, 7) is 5.19. The highest BCUT2D eigenvalue weighted by atomic mass is 16.6. The minimum absolute atomic E-state index is 0.285. The Morgan fingerprint density at radius 2 is 2.06 bits per heavy atom. The fourth-order valence-corrected chi connectivity index (χ4v) is 1.24. The van der Waals surface area contributed by atoms with Crippen LogP contribution in [-0.4, -0.2) is 24.8 Å². The SMILES string of the molecule is COC(=O)C(NC(=O)OC(C)(C)C)c1ccco1. The molecule has 0 saturated carbocycles. The van der Waals surface area contributed by atoms with E-state index in [1.807, 2.05) is 0 Å². The number of esters is 1. The van der Waals surface area contributed by atoms with Crippen LogP contribution < -0.4 is 5.32 Å². The van der Waals surface area contributed by atoms with Gasteiger partial charge in [-0.15, -0.1) is 0 Å². The van der Waals surface area contributed by atoms with Crippen LogP contribution in [0.2, 0.25) is 0 Å². The quantitative estimate of drug-likeness (QED) is 0.836. The Labute approximate surface area is 105 Å². The molecule has 6 heteroatoms. The second-order valence-electron chi connectivity index (χ2n) is 4.62. The van der Waals surface area contributed by atoms with E-state index >= 15 is 0 Å². The highest BCUT2D eigenvalue weighted by molar-refractivity contribution is 5.82. The molecule has 1 amide bonds. The third-order valence-electron chi connectivity index (χ3n) is 1.93. The van der Waals surface area contributed by atoms with Crippen molar-refractivity contribution >= 4 is 12.1 Å². The molecule has 0 aromatic carbocycles. The van der Waals surface area contributed by atoms with Gasteiger partial charge in [0.1, 0.15) is 11.4 Å². The van der Waals surface area contributed by atoms with E-state index in [1.54, 1.807) is 32.9 Å². The maximum absolute atomic E-state index is 11.6. The highest BCUT2D eigenvalue weighted by Crippen LogP contribution is 2.16. The molecule has 0 aliphatic carbocycles. The van der Waals surface area contributed by atoms with Crippen molar-refractivity contribution in [1.29, 1.82) is 0 Å². The molecule has 0 bridgehead atoms. The molecule has 0 aliphatic heterocycles. The zero-order valence-electron chi connectivity index (χ0n) is 10.9. The van der Waals surface area contributed by atoms with E-state index in [1.165, 1.54) is 13.4 Å². The highest BCUT2D eigenvalue weighted by Gasteiger charge is 2.28. The van der Waals surface area contributed by atoms with E-state index in [2.05, 4.69) is 10.1 Å². The van der Waals surface area contributed by atoms with Gasteiger partial charge in [-0.3, -0.25) is 0 Å². The Balaban J connectivity index is 2.75. The monoisotopic (exact) mass is 255 g/mol. The first kappa shape index (κ1) is 14.1. The van der Waals surface area contributed by atoms with Crippen LogP contribution in [0.25, 0.3) is 0 Å². The Hall–Kier alpha value is -1.98. The predicted octanol–water partition coefficient (Wildman–Crippen LogP) is 2.02. The number of ether oxygens (including phenoxy) is 2. The molecule has 1 heterocycles. The third kappa shape index (κ3) is 4.12. The lowest BCUT2D eigenvalue weighted by atomic mass is 10.2. The third-order valence-corrected chi connectivity index (χ3v) is 1.93. The molecular weight excluding hydrogens is 238 g/mol. The predicted molar refractivity (Wildman–Crippen MR) is 62.8 cm³/mol. The van der Waals surface area contributed by atoms with Crippen LogP contribution in [-0.2, 0) is 14.3 Å². The van der Waals surface area contributed by atoms with Crippen LogP contribution in [0.15, 0.2) is 22.8 Å². The van der Waals surface area contributed by atoms with Gasteiger partial charge in [0, 0.05) is 0 Å². The number of nitrogens with one attached hydrogen (secondary N) is 1. The summed E-state index contributed by atoms with van der Waals surface area (Å²) in [6, 6.07) is 2.17. The van der Waals surface area contributed by atoms with Crippen molar-refractivity contribution in [1.82, 2.24) is 5.32 Å². The number of furan rings is 1. The lowest BCUT2D eigenvalue weighted by molar-refractivity contribution is -0.143.